The highest BCUT2D eigenvalue weighted by Gasteiger charge is 2.53. The Hall–Kier alpha value is -6.25. The van der Waals surface area contributed by atoms with Crippen molar-refractivity contribution in [2.75, 3.05) is 0 Å². The van der Waals surface area contributed by atoms with Crippen LogP contribution in [0.4, 0.5) is 0 Å². The molecule has 0 radical (unpaired) electrons. The molecule has 9 aromatic rings. The van der Waals surface area contributed by atoms with E-state index < -0.39 is 5.41 Å². The molecule has 1 spiro atoms. The summed E-state index contributed by atoms with van der Waals surface area (Å²) in [6.45, 7) is 0. The molecule has 0 aliphatic heterocycles. The van der Waals surface area contributed by atoms with Crippen molar-refractivity contribution in [2.24, 2.45) is 7.05 Å². The zero-order valence-electron chi connectivity index (χ0n) is 27.0. The monoisotopic (exact) mass is 622 g/mol. The number of para-hydroxylation sites is 2. The van der Waals surface area contributed by atoms with Gasteiger partial charge in [-0.15, -0.1) is 0 Å². The van der Waals surface area contributed by atoms with Crippen LogP contribution in [-0.2, 0) is 12.5 Å². The summed E-state index contributed by atoms with van der Waals surface area (Å²) in [6.07, 6.45) is 0. The van der Waals surface area contributed by atoms with Gasteiger partial charge in [-0.05, 0) is 95.4 Å². The van der Waals surface area contributed by atoms with Gasteiger partial charge < -0.3 is 4.57 Å². The lowest BCUT2D eigenvalue weighted by atomic mass is 9.68. The molecule has 2 aliphatic rings. The maximum absolute atomic E-state index is 4.92. The summed E-state index contributed by atoms with van der Waals surface area (Å²) in [6, 6.07) is 60.7. The molecule has 0 saturated heterocycles. The zero-order valence-corrected chi connectivity index (χ0v) is 27.0. The molecule has 49 heavy (non-hydrogen) atoms. The van der Waals surface area contributed by atoms with E-state index in [1.54, 1.807) is 0 Å². The first kappa shape index (κ1) is 26.8. The third kappa shape index (κ3) is 3.43. The van der Waals surface area contributed by atoms with Crippen LogP contribution in [0.1, 0.15) is 22.3 Å². The van der Waals surface area contributed by atoms with Gasteiger partial charge in [-0.2, -0.15) is 0 Å². The number of imidazole rings is 1. The van der Waals surface area contributed by atoms with E-state index >= 15 is 0 Å². The van der Waals surface area contributed by atoms with Crippen LogP contribution in [0, 0.1) is 0 Å². The summed E-state index contributed by atoms with van der Waals surface area (Å²) < 4.78 is 2.18. The van der Waals surface area contributed by atoms with Crippen LogP contribution in [0.3, 0.4) is 0 Å². The van der Waals surface area contributed by atoms with Crippen molar-refractivity contribution in [1.82, 2.24) is 9.55 Å². The van der Waals surface area contributed by atoms with Gasteiger partial charge in [-0.25, -0.2) is 4.98 Å². The van der Waals surface area contributed by atoms with Crippen molar-refractivity contribution in [3.05, 3.63) is 186 Å². The van der Waals surface area contributed by atoms with Crippen molar-refractivity contribution < 1.29 is 0 Å². The third-order valence-electron chi connectivity index (χ3n) is 11.2. The third-order valence-corrected chi connectivity index (χ3v) is 11.2. The Balaban J connectivity index is 1.13. The molecule has 1 aromatic heterocycles. The average molecular weight is 623 g/mol. The second-order valence-electron chi connectivity index (χ2n) is 13.5. The number of aryl methyl sites for hydroxylation is 1. The fraction of sp³-hybridized carbons (Fsp3) is 0.0426. The van der Waals surface area contributed by atoms with Crippen LogP contribution in [-0.4, -0.2) is 9.55 Å². The molecule has 0 unspecified atom stereocenters. The molecule has 8 aromatic carbocycles. The quantitative estimate of drug-likeness (QED) is 0.188. The summed E-state index contributed by atoms with van der Waals surface area (Å²) in [7, 11) is 2.09. The minimum atomic E-state index is -0.410. The minimum Gasteiger partial charge on any atom is -0.327 e. The molecule has 11 rings (SSSR count). The maximum Gasteiger partial charge on any atom is 0.140 e. The van der Waals surface area contributed by atoms with E-state index in [0.29, 0.717) is 0 Å². The molecule has 0 saturated carbocycles. The van der Waals surface area contributed by atoms with Gasteiger partial charge in [0.2, 0.25) is 0 Å². The lowest BCUT2D eigenvalue weighted by Gasteiger charge is -2.32. The zero-order chi connectivity index (χ0) is 32.3. The summed E-state index contributed by atoms with van der Waals surface area (Å²) in [5.41, 5.74) is 16.2. The van der Waals surface area contributed by atoms with E-state index in [1.165, 1.54) is 77.2 Å². The van der Waals surface area contributed by atoms with Crippen LogP contribution in [0.15, 0.2) is 164 Å². The Morgan fingerprint density at radius 3 is 1.76 bits per heavy atom. The van der Waals surface area contributed by atoms with Gasteiger partial charge in [0.1, 0.15) is 5.82 Å². The SMILES string of the molecule is Cn1c(-c2ccc(-c3ccc4c5c(ccc4c3)-c3ccc4ccccc4c3C53c4ccccc4-c4ccccc43)cc2)nc2ccccc21. The van der Waals surface area contributed by atoms with E-state index in [1.807, 2.05) is 6.07 Å². The molecular weight excluding hydrogens is 593 g/mol. The van der Waals surface area contributed by atoms with E-state index in [2.05, 4.69) is 169 Å². The fourth-order valence-electron chi connectivity index (χ4n) is 9.15. The minimum absolute atomic E-state index is 0.410. The van der Waals surface area contributed by atoms with Gasteiger partial charge in [0.25, 0.3) is 0 Å². The molecule has 0 N–H and O–H groups in total. The molecule has 2 heteroatoms. The molecule has 0 atom stereocenters. The number of hydrogen-bond donors (Lipinski definition) is 0. The Labute approximate surface area is 284 Å². The second-order valence-corrected chi connectivity index (χ2v) is 13.5. The van der Waals surface area contributed by atoms with Gasteiger partial charge in [0.05, 0.1) is 16.4 Å². The van der Waals surface area contributed by atoms with Gasteiger partial charge >= 0.3 is 0 Å². The lowest BCUT2D eigenvalue weighted by molar-refractivity contribution is 0.809. The van der Waals surface area contributed by atoms with Crippen LogP contribution in [0.5, 0.6) is 0 Å². The molecule has 2 nitrogen and oxygen atoms in total. The van der Waals surface area contributed by atoms with Crippen molar-refractivity contribution in [3.63, 3.8) is 0 Å². The normalized spacial score (nSPS) is 13.6. The molecule has 1 heterocycles. The molecule has 0 fully saturated rings. The number of benzene rings is 8. The number of rotatable bonds is 2. The second kappa shape index (κ2) is 9.65. The fourth-order valence-corrected chi connectivity index (χ4v) is 9.15. The van der Waals surface area contributed by atoms with Crippen LogP contribution in [0.2, 0.25) is 0 Å². The van der Waals surface area contributed by atoms with Crippen molar-refractivity contribution in [2.45, 2.75) is 5.41 Å². The first-order valence-corrected chi connectivity index (χ1v) is 17.0. The number of aromatic nitrogens is 2. The number of hydrogen-bond acceptors (Lipinski definition) is 1. The van der Waals surface area contributed by atoms with E-state index in [0.717, 1.165) is 22.4 Å². The van der Waals surface area contributed by atoms with E-state index in [-0.39, 0.29) is 0 Å². The van der Waals surface area contributed by atoms with Gasteiger partial charge in [0.15, 0.2) is 0 Å². The summed E-state index contributed by atoms with van der Waals surface area (Å²) >= 11 is 0. The molecule has 228 valence electrons. The highest BCUT2D eigenvalue weighted by molar-refractivity contribution is 6.09. The highest BCUT2D eigenvalue weighted by Crippen LogP contribution is 2.65. The Morgan fingerprint density at radius 2 is 1.02 bits per heavy atom. The highest BCUT2D eigenvalue weighted by atomic mass is 15.1. The van der Waals surface area contributed by atoms with Crippen LogP contribution in [0.25, 0.3) is 77.3 Å². The predicted octanol–water partition coefficient (Wildman–Crippen LogP) is 11.6. The predicted molar refractivity (Wildman–Crippen MR) is 203 cm³/mol. The number of fused-ring (bicyclic) bond motifs is 15. The van der Waals surface area contributed by atoms with E-state index in [4.69, 9.17) is 4.98 Å². The van der Waals surface area contributed by atoms with Crippen molar-refractivity contribution >= 4 is 32.6 Å². The topological polar surface area (TPSA) is 17.8 Å². The van der Waals surface area contributed by atoms with Crippen molar-refractivity contribution in [3.8, 4) is 44.8 Å². The maximum atomic E-state index is 4.92. The Morgan fingerprint density at radius 1 is 0.449 bits per heavy atom. The lowest BCUT2D eigenvalue weighted by Crippen LogP contribution is -2.26. The van der Waals surface area contributed by atoms with Crippen molar-refractivity contribution in [1.29, 1.82) is 0 Å². The Bertz CT molecular complexity index is 2790. The molecule has 0 bridgehead atoms. The van der Waals surface area contributed by atoms with Crippen LogP contribution < -0.4 is 0 Å². The summed E-state index contributed by atoms with van der Waals surface area (Å²) in [5, 5.41) is 5.18. The Kier molecular flexibility index (Phi) is 5.28. The van der Waals surface area contributed by atoms with Gasteiger partial charge in [-0.1, -0.05) is 146 Å². The largest absolute Gasteiger partial charge is 0.327 e. The standard InChI is InChI=1S/C47H30N2/c1-49-43-17-9-8-16-42(43)48-46(49)31-20-18-29(19-21-31)32-23-25-35-33(28-32)24-27-39-38-26-22-30-10-2-3-11-34(30)44(38)47(45(35)39)40-14-6-4-12-36(40)37-13-5-7-15-41(37)47/h2-28H,1H3. The summed E-state index contributed by atoms with van der Waals surface area (Å²) in [5.74, 6) is 0.983. The smallest absolute Gasteiger partial charge is 0.140 e. The van der Waals surface area contributed by atoms with Gasteiger partial charge in [-0.3, -0.25) is 0 Å². The molecular formula is C47H30N2. The number of nitrogens with zero attached hydrogens (tertiary/aromatic N) is 2. The van der Waals surface area contributed by atoms with Crippen LogP contribution >= 0.6 is 0 Å². The summed E-state index contributed by atoms with van der Waals surface area (Å²) in [4.78, 5) is 4.92. The first-order chi connectivity index (χ1) is 24.2. The molecule has 0 amide bonds. The van der Waals surface area contributed by atoms with E-state index in [9.17, 15) is 0 Å². The average Bonchev–Trinajstić information content (AvgIpc) is 3.78. The van der Waals surface area contributed by atoms with Gasteiger partial charge in [0, 0.05) is 12.6 Å². The first-order valence-electron chi connectivity index (χ1n) is 17.0. The molecule has 2 aliphatic carbocycles.